The van der Waals surface area contributed by atoms with Gasteiger partial charge in [-0.1, -0.05) is 12.1 Å². The number of hydrogen-bond acceptors (Lipinski definition) is 4. The Morgan fingerprint density at radius 1 is 1.30 bits per heavy atom. The molecule has 0 aliphatic carbocycles. The van der Waals surface area contributed by atoms with Gasteiger partial charge in [0.2, 0.25) is 0 Å². The highest BCUT2D eigenvalue weighted by Gasteiger charge is 2.04. The SMILES string of the molecule is CNC(=O)COC(=O)/C=C/c1ccc(OC(F)F)cc1. The van der Waals surface area contributed by atoms with Crippen molar-refractivity contribution in [3.8, 4) is 5.75 Å². The van der Waals surface area contributed by atoms with E-state index < -0.39 is 18.5 Å². The Hall–Kier alpha value is -2.44. The van der Waals surface area contributed by atoms with E-state index in [1.165, 1.54) is 37.4 Å². The maximum Gasteiger partial charge on any atom is 0.387 e. The molecule has 5 nitrogen and oxygen atoms in total. The third-order valence-corrected chi connectivity index (χ3v) is 2.14. The Kier molecular flexibility index (Phi) is 6.15. The number of amides is 1. The molecule has 0 bridgehead atoms. The van der Waals surface area contributed by atoms with Crippen LogP contribution in [0, 0.1) is 0 Å². The maximum absolute atomic E-state index is 11.9. The predicted octanol–water partition coefficient (Wildman–Crippen LogP) is 1.59. The van der Waals surface area contributed by atoms with Gasteiger partial charge >= 0.3 is 12.6 Å². The number of likely N-dealkylation sites (N-methyl/N-ethyl adjacent to an activating group) is 1. The number of carbonyl (C=O) groups excluding carboxylic acids is 2. The molecule has 0 saturated heterocycles. The van der Waals surface area contributed by atoms with E-state index in [1.54, 1.807) is 0 Å². The molecule has 0 spiro atoms. The smallest absolute Gasteiger partial charge is 0.387 e. The Bertz CT molecular complexity index is 486. The minimum atomic E-state index is -2.88. The standard InChI is InChI=1S/C13H13F2NO4/c1-16-11(17)8-19-12(18)7-4-9-2-5-10(6-3-9)20-13(14)15/h2-7,13H,8H2,1H3,(H,16,17)/b7-4+. The minimum Gasteiger partial charge on any atom is -0.452 e. The number of halogens is 2. The lowest BCUT2D eigenvalue weighted by Crippen LogP contribution is -2.24. The molecule has 0 atom stereocenters. The third-order valence-electron chi connectivity index (χ3n) is 2.14. The number of esters is 1. The van der Waals surface area contributed by atoms with Gasteiger partial charge in [-0.3, -0.25) is 4.79 Å². The molecule has 1 amide bonds. The fourth-order valence-corrected chi connectivity index (χ4v) is 1.18. The van der Waals surface area contributed by atoms with E-state index in [2.05, 4.69) is 14.8 Å². The van der Waals surface area contributed by atoms with Gasteiger partial charge in [-0.15, -0.1) is 0 Å². The second kappa shape index (κ2) is 7.88. The Morgan fingerprint density at radius 2 is 1.95 bits per heavy atom. The average Bonchev–Trinajstić information content (AvgIpc) is 2.43. The molecule has 108 valence electrons. The van der Waals surface area contributed by atoms with Crippen molar-refractivity contribution in [2.45, 2.75) is 6.61 Å². The van der Waals surface area contributed by atoms with Crippen molar-refractivity contribution in [1.82, 2.24) is 5.32 Å². The summed E-state index contributed by atoms with van der Waals surface area (Å²) in [5.41, 5.74) is 0.600. The number of hydrogen-bond donors (Lipinski definition) is 1. The van der Waals surface area contributed by atoms with E-state index in [4.69, 9.17) is 0 Å². The fourth-order valence-electron chi connectivity index (χ4n) is 1.18. The number of ether oxygens (including phenoxy) is 2. The monoisotopic (exact) mass is 285 g/mol. The highest BCUT2D eigenvalue weighted by atomic mass is 19.3. The number of alkyl halides is 2. The van der Waals surface area contributed by atoms with Gasteiger partial charge in [-0.2, -0.15) is 8.78 Å². The molecule has 0 saturated carbocycles. The van der Waals surface area contributed by atoms with E-state index in [9.17, 15) is 18.4 Å². The molecule has 0 heterocycles. The summed E-state index contributed by atoms with van der Waals surface area (Å²) in [5, 5.41) is 2.30. The first-order valence-corrected chi connectivity index (χ1v) is 5.61. The van der Waals surface area contributed by atoms with Crippen molar-refractivity contribution >= 4 is 18.0 Å². The van der Waals surface area contributed by atoms with Crippen molar-refractivity contribution in [3.63, 3.8) is 0 Å². The van der Waals surface area contributed by atoms with Gasteiger partial charge in [-0.25, -0.2) is 4.79 Å². The third kappa shape index (κ3) is 5.94. The molecule has 0 unspecified atom stereocenters. The van der Waals surface area contributed by atoms with Gasteiger partial charge in [0, 0.05) is 13.1 Å². The van der Waals surface area contributed by atoms with Gasteiger partial charge in [-0.05, 0) is 23.8 Å². The number of rotatable bonds is 6. The van der Waals surface area contributed by atoms with Crippen LogP contribution in [0.5, 0.6) is 5.75 Å². The van der Waals surface area contributed by atoms with Crippen LogP contribution in [0.2, 0.25) is 0 Å². The summed E-state index contributed by atoms with van der Waals surface area (Å²) in [4.78, 5) is 22.1. The van der Waals surface area contributed by atoms with E-state index in [-0.39, 0.29) is 12.4 Å². The van der Waals surface area contributed by atoms with Gasteiger partial charge in [0.05, 0.1) is 0 Å². The van der Waals surface area contributed by atoms with Gasteiger partial charge < -0.3 is 14.8 Å². The molecule has 1 aromatic carbocycles. The van der Waals surface area contributed by atoms with Crippen LogP contribution in [0.1, 0.15) is 5.56 Å². The lowest BCUT2D eigenvalue weighted by atomic mass is 10.2. The molecule has 0 aliphatic rings. The fraction of sp³-hybridized carbons (Fsp3) is 0.231. The normalized spacial score (nSPS) is 10.6. The first-order valence-electron chi connectivity index (χ1n) is 5.61. The van der Waals surface area contributed by atoms with Crippen LogP contribution in [0.15, 0.2) is 30.3 Å². The molecule has 1 N–H and O–H groups in total. The topological polar surface area (TPSA) is 64.6 Å². The number of nitrogens with one attached hydrogen (secondary N) is 1. The Balaban J connectivity index is 2.49. The average molecular weight is 285 g/mol. The maximum atomic E-state index is 11.9. The molecule has 1 aromatic rings. The van der Waals surface area contributed by atoms with E-state index in [0.29, 0.717) is 5.56 Å². The molecule has 20 heavy (non-hydrogen) atoms. The number of benzene rings is 1. The predicted molar refractivity (Wildman–Crippen MR) is 67.1 cm³/mol. The molecule has 0 aliphatic heterocycles. The number of carbonyl (C=O) groups is 2. The molecule has 7 heteroatoms. The zero-order valence-corrected chi connectivity index (χ0v) is 10.6. The zero-order valence-electron chi connectivity index (χ0n) is 10.6. The van der Waals surface area contributed by atoms with Crippen LogP contribution >= 0.6 is 0 Å². The van der Waals surface area contributed by atoms with Crippen LogP contribution in [-0.2, 0) is 14.3 Å². The highest BCUT2D eigenvalue weighted by Crippen LogP contribution is 2.15. The zero-order chi connectivity index (χ0) is 15.0. The first kappa shape index (κ1) is 15.6. The van der Waals surface area contributed by atoms with E-state index >= 15 is 0 Å². The first-order chi connectivity index (χ1) is 9.51. The summed E-state index contributed by atoms with van der Waals surface area (Å²) >= 11 is 0. The van der Waals surface area contributed by atoms with E-state index in [1.807, 2.05) is 0 Å². The van der Waals surface area contributed by atoms with Crippen molar-refractivity contribution in [2.24, 2.45) is 0 Å². The summed E-state index contributed by atoms with van der Waals surface area (Å²) < 4.78 is 32.7. The quantitative estimate of drug-likeness (QED) is 0.637. The van der Waals surface area contributed by atoms with Gasteiger partial charge in [0.25, 0.3) is 5.91 Å². The van der Waals surface area contributed by atoms with Crippen LogP contribution in [0.25, 0.3) is 6.08 Å². The summed E-state index contributed by atoms with van der Waals surface area (Å²) in [7, 11) is 1.43. The van der Waals surface area contributed by atoms with Crippen molar-refractivity contribution in [1.29, 1.82) is 0 Å². The molecule has 0 aromatic heterocycles. The van der Waals surface area contributed by atoms with Crippen LogP contribution in [0.4, 0.5) is 8.78 Å². The molecular weight excluding hydrogens is 272 g/mol. The molecule has 0 radical (unpaired) electrons. The van der Waals surface area contributed by atoms with E-state index in [0.717, 1.165) is 6.08 Å². The van der Waals surface area contributed by atoms with Gasteiger partial charge in [0.1, 0.15) is 5.75 Å². The van der Waals surface area contributed by atoms with Crippen LogP contribution in [-0.4, -0.2) is 32.1 Å². The van der Waals surface area contributed by atoms with Crippen LogP contribution in [0.3, 0.4) is 0 Å². The second-order valence-corrected chi connectivity index (χ2v) is 3.56. The second-order valence-electron chi connectivity index (χ2n) is 3.56. The largest absolute Gasteiger partial charge is 0.452 e. The summed E-state index contributed by atoms with van der Waals surface area (Å²) in [5.74, 6) is -1.07. The Morgan fingerprint density at radius 3 is 2.50 bits per heavy atom. The van der Waals surface area contributed by atoms with Crippen molar-refractivity contribution in [3.05, 3.63) is 35.9 Å². The lowest BCUT2D eigenvalue weighted by Gasteiger charge is -2.03. The van der Waals surface area contributed by atoms with Crippen molar-refractivity contribution < 1.29 is 27.8 Å². The lowest BCUT2D eigenvalue weighted by molar-refractivity contribution is -0.143. The summed E-state index contributed by atoms with van der Waals surface area (Å²) in [6.45, 7) is -3.24. The minimum absolute atomic E-state index is 0.0272. The molecule has 1 rings (SSSR count). The summed E-state index contributed by atoms with van der Waals surface area (Å²) in [6.07, 6.45) is 2.56. The van der Waals surface area contributed by atoms with Gasteiger partial charge in [0.15, 0.2) is 6.61 Å². The van der Waals surface area contributed by atoms with Crippen molar-refractivity contribution in [2.75, 3.05) is 13.7 Å². The van der Waals surface area contributed by atoms with Crippen LogP contribution < -0.4 is 10.1 Å². The summed E-state index contributed by atoms with van der Waals surface area (Å²) in [6, 6.07) is 5.70. The molecule has 0 fully saturated rings. The molecular formula is C13H13F2NO4. The Labute approximate surface area is 114 Å². The highest BCUT2D eigenvalue weighted by molar-refractivity contribution is 5.89.